The summed E-state index contributed by atoms with van der Waals surface area (Å²) in [6.07, 6.45) is 2.18. The highest BCUT2D eigenvalue weighted by Crippen LogP contribution is 2.03. The first-order valence-electron chi connectivity index (χ1n) is 4.44. The lowest BCUT2D eigenvalue weighted by molar-refractivity contribution is -0.133. The van der Waals surface area contributed by atoms with Crippen LogP contribution in [0.1, 0.15) is 26.7 Å². The van der Waals surface area contributed by atoms with Gasteiger partial charge < -0.3 is 4.90 Å². The molecule has 0 aliphatic heterocycles. The summed E-state index contributed by atoms with van der Waals surface area (Å²) in [4.78, 5) is 13.2. The van der Waals surface area contributed by atoms with Crippen molar-refractivity contribution in [1.29, 1.82) is 0 Å². The van der Waals surface area contributed by atoms with Gasteiger partial charge in [0.05, 0.1) is 0 Å². The third-order valence-corrected chi connectivity index (χ3v) is 2.34. The van der Waals surface area contributed by atoms with E-state index in [1.54, 1.807) is 4.90 Å². The van der Waals surface area contributed by atoms with Crippen LogP contribution in [-0.4, -0.2) is 30.3 Å². The van der Waals surface area contributed by atoms with E-state index in [0.29, 0.717) is 5.88 Å². The SMILES string of the molecule is CCCCN(C)C(=O)C(C)CCl. The van der Waals surface area contributed by atoms with Crippen LogP contribution in [-0.2, 0) is 4.79 Å². The fraction of sp³-hybridized carbons (Fsp3) is 0.889. The van der Waals surface area contributed by atoms with Gasteiger partial charge in [0.1, 0.15) is 0 Å². The lowest BCUT2D eigenvalue weighted by atomic mass is 10.2. The monoisotopic (exact) mass is 191 g/mol. The quantitative estimate of drug-likeness (QED) is 0.610. The predicted octanol–water partition coefficient (Wildman–Crippen LogP) is 2.12. The summed E-state index contributed by atoms with van der Waals surface area (Å²) < 4.78 is 0. The average molecular weight is 192 g/mol. The van der Waals surface area contributed by atoms with Crippen molar-refractivity contribution in [2.24, 2.45) is 5.92 Å². The van der Waals surface area contributed by atoms with Crippen LogP contribution in [0.2, 0.25) is 0 Å². The Kier molecular flexibility index (Phi) is 6.17. The van der Waals surface area contributed by atoms with E-state index in [1.165, 1.54) is 0 Å². The normalized spacial score (nSPS) is 12.7. The Morgan fingerprint density at radius 1 is 1.58 bits per heavy atom. The fourth-order valence-corrected chi connectivity index (χ4v) is 1.08. The molecule has 0 fully saturated rings. The second kappa shape index (κ2) is 6.30. The smallest absolute Gasteiger partial charge is 0.226 e. The van der Waals surface area contributed by atoms with Crippen molar-refractivity contribution < 1.29 is 4.79 Å². The molecule has 0 saturated heterocycles. The Morgan fingerprint density at radius 3 is 2.58 bits per heavy atom. The average Bonchev–Trinajstić information content (AvgIpc) is 2.11. The van der Waals surface area contributed by atoms with E-state index in [2.05, 4.69) is 6.92 Å². The maximum absolute atomic E-state index is 11.4. The molecular formula is C9H18ClNO. The van der Waals surface area contributed by atoms with Gasteiger partial charge in [-0.25, -0.2) is 0 Å². The van der Waals surface area contributed by atoms with Crippen LogP contribution >= 0.6 is 11.6 Å². The number of amides is 1. The maximum Gasteiger partial charge on any atom is 0.226 e. The predicted molar refractivity (Wildman–Crippen MR) is 52.4 cm³/mol. The van der Waals surface area contributed by atoms with Crippen molar-refractivity contribution in [1.82, 2.24) is 4.90 Å². The van der Waals surface area contributed by atoms with Crippen molar-refractivity contribution in [3.05, 3.63) is 0 Å². The van der Waals surface area contributed by atoms with Crippen molar-refractivity contribution in [3.8, 4) is 0 Å². The van der Waals surface area contributed by atoms with Gasteiger partial charge in [0.2, 0.25) is 5.91 Å². The summed E-state index contributed by atoms with van der Waals surface area (Å²) >= 11 is 5.58. The van der Waals surface area contributed by atoms with E-state index in [0.717, 1.165) is 19.4 Å². The molecule has 0 aromatic heterocycles. The minimum atomic E-state index is -0.0477. The van der Waals surface area contributed by atoms with E-state index in [1.807, 2.05) is 14.0 Å². The summed E-state index contributed by atoms with van der Waals surface area (Å²) in [7, 11) is 1.83. The van der Waals surface area contributed by atoms with Gasteiger partial charge in [-0.05, 0) is 6.42 Å². The van der Waals surface area contributed by atoms with Gasteiger partial charge in [0, 0.05) is 25.4 Å². The molecule has 0 spiro atoms. The molecule has 0 aromatic carbocycles. The molecule has 0 aliphatic rings. The lowest BCUT2D eigenvalue weighted by Crippen LogP contribution is -2.33. The van der Waals surface area contributed by atoms with Crippen molar-refractivity contribution >= 4 is 17.5 Å². The van der Waals surface area contributed by atoms with E-state index >= 15 is 0 Å². The third-order valence-electron chi connectivity index (χ3n) is 1.88. The van der Waals surface area contributed by atoms with E-state index in [4.69, 9.17) is 11.6 Å². The summed E-state index contributed by atoms with van der Waals surface area (Å²) in [6.45, 7) is 4.82. The first-order valence-corrected chi connectivity index (χ1v) is 4.97. The Labute approximate surface area is 79.9 Å². The van der Waals surface area contributed by atoms with Crippen LogP contribution in [0.5, 0.6) is 0 Å². The van der Waals surface area contributed by atoms with Crippen LogP contribution in [0.25, 0.3) is 0 Å². The number of carbonyl (C=O) groups is 1. The molecule has 1 amide bonds. The highest BCUT2D eigenvalue weighted by molar-refractivity contribution is 6.19. The Bertz CT molecular complexity index is 138. The number of hydrogen-bond acceptors (Lipinski definition) is 1. The van der Waals surface area contributed by atoms with Crippen LogP contribution < -0.4 is 0 Å². The van der Waals surface area contributed by atoms with E-state index < -0.39 is 0 Å². The molecule has 0 heterocycles. The van der Waals surface area contributed by atoms with Gasteiger partial charge in [-0.2, -0.15) is 0 Å². The minimum Gasteiger partial charge on any atom is -0.345 e. The molecule has 72 valence electrons. The zero-order chi connectivity index (χ0) is 9.56. The standard InChI is InChI=1S/C9H18ClNO/c1-4-5-6-11(3)9(12)8(2)7-10/h8H,4-7H2,1-3H3. The van der Waals surface area contributed by atoms with Gasteiger partial charge in [-0.3, -0.25) is 4.79 Å². The summed E-state index contributed by atoms with van der Waals surface area (Å²) in [5.41, 5.74) is 0. The second-order valence-electron chi connectivity index (χ2n) is 3.17. The van der Waals surface area contributed by atoms with Crippen LogP contribution in [0.15, 0.2) is 0 Å². The van der Waals surface area contributed by atoms with Crippen LogP contribution in [0, 0.1) is 5.92 Å². The molecule has 0 N–H and O–H groups in total. The number of nitrogens with zero attached hydrogens (tertiary/aromatic N) is 1. The first kappa shape index (κ1) is 11.8. The molecule has 0 saturated carbocycles. The first-order chi connectivity index (χ1) is 5.63. The molecule has 0 aliphatic carbocycles. The molecule has 0 radical (unpaired) electrons. The van der Waals surface area contributed by atoms with Crippen molar-refractivity contribution in [2.75, 3.05) is 19.5 Å². The van der Waals surface area contributed by atoms with E-state index in [-0.39, 0.29) is 11.8 Å². The largest absolute Gasteiger partial charge is 0.345 e. The highest BCUT2D eigenvalue weighted by atomic mass is 35.5. The fourth-order valence-electron chi connectivity index (χ4n) is 0.948. The molecule has 0 bridgehead atoms. The summed E-state index contributed by atoms with van der Waals surface area (Å²) in [6, 6.07) is 0. The Hall–Kier alpha value is -0.240. The second-order valence-corrected chi connectivity index (χ2v) is 3.48. The topological polar surface area (TPSA) is 20.3 Å². The number of halogens is 1. The Balaban J connectivity index is 3.75. The number of unbranched alkanes of at least 4 members (excludes halogenated alkanes) is 1. The van der Waals surface area contributed by atoms with Crippen molar-refractivity contribution in [3.63, 3.8) is 0 Å². The number of rotatable bonds is 5. The summed E-state index contributed by atoms with van der Waals surface area (Å²) in [5.74, 6) is 0.516. The third kappa shape index (κ3) is 3.96. The number of carbonyl (C=O) groups excluding carboxylic acids is 1. The van der Waals surface area contributed by atoms with Gasteiger partial charge in [-0.15, -0.1) is 11.6 Å². The van der Waals surface area contributed by atoms with Crippen LogP contribution in [0.4, 0.5) is 0 Å². The lowest BCUT2D eigenvalue weighted by Gasteiger charge is -2.19. The molecule has 1 unspecified atom stereocenters. The highest BCUT2D eigenvalue weighted by Gasteiger charge is 2.15. The van der Waals surface area contributed by atoms with Gasteiger partial charge in [0.25, 0.3) is 0 Å². The number of alkyl halides is 1. The van der Waals surface area contributed by atoms with Gasteiger partial charge >= 0.3 is 0 Å². The zero-order valence-electron chi connectivity index (χ0n) is 8.14. The maximum atomic E-state index is 11.4. The van der Waals surface area contributed by atoms with Crippen LogP contribution in [0.3, 0.4) is 0 Å². The molecule has 1 atom stereocenters. The molecule has 0 rings (SSSR count). The molecule has 12 heavy (non-hydrogen) atoms. The van der Waals surface area contributed by atoms with Gasteiger partial charge in [0.15, 0.2) is 0 Å². The summed E-state index contributed by atoms with van der Waals surface area (Å²) in [5, 5.41) is 0. The minimum absolute atomic E-state index is 0.0477. The molecular weight excluding hydrogens is 174 g/mol. The van der Waals surface area contributed by atoms with E-state index in [9.17, 15) is 4.79 Å². The van der Waals surface area contributed by atoms with Crippen molar-refractivity contribution in [2.45, 2.75) is 26.7 Å². The Morgan fingerprint density at radius 2 is 2.17 bits per heavy atom. The van der Waals surface area contributed by atoms with Gasteiger partial charge in [-0.1, -0.05) is 20.3 Å². The zero-order valence-corrected chi connectivity index (χ0v) is 8.90. The molecule has 2 nitrogen and oxygen atoms in total. The number of hydrogen-bond donors (Lipinski definition) is 0. The molecule has 3 heteroatoms. The molecule has 0 aromatic rings.